The Bertz CT molecular complexity index is 358. The van der Waals surface area contributed by atoms with Gasteiger partial charge in [0.25, 0.3) is 0 Å². The Morgan fingerprint density at radius 2 is 2.12 bits per heavy atom. The van der Waals surface area contributed by atoms with Crippen LogP contribution < -0.4 is 4.90 Å². The van der Waals surface area contributed by atoms with Crippen molar-refractivity contribution in [3.05, 3.63) is 42.0 Å². The summed E-state index contributed by atoms with van der Waals surface area (Å²) in [5.74, 6) is 0. The lowest BCUT2D eigenvalue weighted by Crippen LogP contribution is -2.09. The molecule has 2 heteroatoms. The van der Waals surface area contributed by atoms with Crippen LogP contribution in [0.1, 0.15) is 31.4 Å². The van der Waals surface area contributed by atoms with Gasteiger partial charge in [-0.2, -0.15) is 0 Å². The van der Waals surface area contributed by atoms with Gasteiger partial charge >= 0.3 is 0 Å². The summed E-state index contributed by atoms with van der Waals surface area (Å²) in [5, 5.41) is 10.0. The molecule has 88 valence electrons. The molecule has 1 rings (SSSR count). The summed E-state index contributed by atoms with van der Waals surface area (Å²) in [6.45, 7) is 5.99. The molecule has 0 saturated carbocycles. The van der Waals surface area contributed by atoms with E-state index in [1.807, 2.05) is 43.3 Å². The summed E-state index contributed by atoms with van der Waals surface area (Å²) in [6, 6.07) is 7.99. The number of rotatable bonds is 5. The largest absolute Gasteiger partial charge is 0.388 e. The summed E-state index contributed by atoms with van der Waals surface area (Å²) in [4.78, 5) is 2.03. The van der Waals surface area contributed by atoms with Crippen molar-refractivity contribution in [2.45, 2.75) is 25.9 Å². The molecule has 2 nitrogen and oxygen atoms in total. The molecule has 0 fully saturated rings. The van der Waals surface area contributed by atoms with Crippen LogP contribution in [-0.2, 0) is 0 Å². The normalized spacial score (nSPS) is 12.2. The molecular weight excluding hydrogens is 198 g/mol. The van der Waals surface area contributed by atoms with Crippen LogP contribution in [0, 0.1) is 0 Å². The van der Waals surface area contributed by atoms with Crippen LogP contribution in [-0.4, -0.2) is 19.2 Å². The monoisotopic (exact) mass is 219 g/mol. The van der Waals surface area contributed by atoms with E-state index in [1.54, 1.807) is 0 Å². The smallest absolute Gasteiger partial charge is 0.0827 e. The van der Waals surface area contributed by atoms with Gasteiger partial charge in [-0.1, -0.05) is 31.2 Å². The van der Waals surface area contributed by atoms with Gasteiger partial charge < -0.3 is 10.0 Å². The van der Waals surface area contributed by atoms with Crippen LogP contribution in [0.3, 0.4) is 0 Å². The molecule has 0 saturated heterocycles. The van der Waals surface area contributed by atoms with Gasteiger partial charge in [0.2, 0.25) is 0 Å². The zero-order chi connectivity index (χ0) is 12.1. The van der Waals surface area contributed by atoms with Gasteiger partial charge in [-0.25, -0.2) is 0 Å². The molecule has 0 heterocycles. The third-order valence-electron chi connectivity index (χ3n) is 2.75. The minimum absolute atomic E-state index is 0.438. The van der Waals surface area contributed by atoms with Crippen LogP contribution in [0.25, 0.3) is 0 Å². The number of nitrogens with zero attached hydrogens (tertiary/aromatic N) is 1. The zero-order valence-electron chi connectivity index (χ0n) is 10.4. The van der Waals surface area contributed by atoms with Crippen molar-refractivity contribution in [3.63, 3.8) is 0 Å². The fraction of sp³-hybridized carbons (Fsp3) is 0.429. The molecule has 1 N–H and O–H groups in total. The predicted molar refractivity (Wildman–Crippen MR) is 69.8 cm³/mol. The Morgan fingerprint density at radius 1 is 1.44 bits per heavy atom. The maximum Gasteiger partial charge on any atom is 0.0827 e. The average Bonchev–Trinajstić information content (AvgIpc) is 2.28. The fourth-order valence-corrected chi connectivity index (χ4v) is 1.55. The number of hydrogen-bond acceptors (Lipinski definition) is 2. The molecule has 0 aliphatic heterocycles. The van der Waals surface area contributed by atoms with E-state index in [4.69, 9.17) is 0 Å². The van der Waals surface area contributed by atoms with E-state index in [9.17, 15) is 5.11 Å². The second kappa shape index (κ2) is 5.71. The van der Waals surface area contributed by atoms with Crippen molar-refractivity contribution in [3.8, 4) is 0 Å². The second-order valence-electron chi connectivity index (χ2n) is 4.31. The second-order valence-corrected chi connectivity index (χ2v) is 4.31. The van der Waals surface area contributed by atoms with Crippen molar-refractivity contribution in [2.75, 3.05) is 19.0 Å². The predicted octanol–water partition coefficient (Wildman–Crippen LogP) is 3.14. The lowest BCUT2D eigenvalue weighted by Gasteiger charge is -2.16. The molecule has 0 aliphatic rings. The number of aliphatic hydroxyl groups excluding tert-OH is 1. The third kappa shape index (κ3) is 3.38. The molecular formula is C14H21NO. The summed E-state index contributed by atoms with van der Waals surface area (Å²) in [5.41, 5.74) is 3.15. The summed E-state index contributed by atoms with van der Waals surface area (Å²) in [7, 11) is 3.99. The Morgan fingerprint density at radius 3 is 2.69 bits per heavy atom. The molecule has 0 aromatic heterocycles. The first-order valence-electron chi connectivity index (χ1n) is 5.66. The van der Waals surface area contributed by atoms with Gasteiger partial charge in [0.1, 0.15) is 0 Å². The van der Waals surface area contributed by atoms with E-state index in [2.05, 4.69) is 13.5 Å². The van der Waals surface area contributed by atoms with E-state index >= 15 is 0 Å². The summed E-state index contributed by atoms with van der Waals surface area (Å²) < 4.78 is 0. The summed E-state index contributed by atoms with van der Waals surface area (Å²) in [6.07, 6.45) is 1.13. The molecule has 0 amide bonds. The SMILES string of the molecule is C=C(CC)CC(O)c1cccc(N(C)C)c1. The number of aliphatic hydroxyl groups is 1. The number of anilines is 1. The maximum atomic E-state index is 10.0. The maximum absolute atomic E-state index is 10.0. The molecule has 1 atom stereocenters. The summed E-state index contributed by atoms with van der Waals surface area (Å²) >= 11 is 0. The van der Waals surface area contributed by atoms with Gasteiger partial charge in [0, 0.05) is 19.8 Å². The molecule has 16 heavy (non-hydrogen) atoms. The van der Waals surface area contributed by atoms with Gasteiger partial charge in [-0.15, -0.1) is 0 Å². The molecule has 0 bridgehead atoms. The Kier molecular flexibility index (Phi) is 4.56. The molecule has 1 unspecified atom stereocenters. The lowest BCUT2D eigenvalue weighted by molar-refractivity contribution is 0.177. The highest BCUT2D eigenvalue weighted by Gasteiger charge is 2.09. The Labute approximate surface area is 98.2 Å². The molecule has 1 aromatic carbocycles. The van der Waals surface area contributed by atoms with Crippen LogP contribution in [0.4, 0.5) is 5.69 Å². The molecule has 0 aliphatic carbocycles. The zero-order valence-corrected chi connectivity index (χ0v) is 10.4. The molecule has 0 radical (unpaired) electrons. The van der Waals surface area contributed by atoms with Crippen molar-refractivity contribution in [1.29, 1.82) is 0 Å². The Balaban J connectivity index is 2.79. The topological polar surface area (TPSA) is 23.5 Å². The number of benzene rings is 1. The minimum atomic E-state index is -0.438. The third-order valence-corrected chi connectivity index (χ3v) is 2.75. The first-order valence-corrected chi connectivity index (χ1v) is 5.66. The lowest BCUT2D eigenvalue weighted by atomic mass is 10.0. The van der Waals surface area contributed by atoms with E-state index in [1.165, 1.54) is 0 Å². The van der Waals surface area contributed by atoms with E-state index in [0.717, 1.165) is 23.2 Å². The first-order chi connectivity index (χ1) is 7.54. The van der Waals surface area contributed by atoms with Gasteiger partial charge in [0.05, 0.1) is 6.10 Å². The molecule has 0 spiro atoms. The van der Waals surface area contributed by atoms with Crippen molar-refractivity contribution in [2.24, 2.45) is 0 Å². The van der Waals surface area contributed by atoms with E-state index in [-0.39, 0.29) is 0 Å². The van der Waals surface area contributed by atoms with Crippen molar-refractivity contribution in [1.82, 2.24) is 0 Å². The average molecular weight is 219 g/mol. The standard InChI is InChI=1S/C14H21NO/c1-5-11(2)9-14(16)12-7-6-8-13(10-12)15(3)4/h6-8,10,14,16H,2,5,9H2,1,3-4H3. The van der Waals surface area contributed by atoms with Crippen LogP contribution in [0.2, 0.25) is 0 Å². The fourth-order valence-electron chi connectivity index (χ4n) is 1.55. The van der Waals surface area contributed by atoms with Crippen LogP contribution in [0.5, 0.6) is 0 Å². The minimum Gasteiger partial charge on any atom is -0.388 e. The van der Waals surface area contributed by atoms with Crippen LogP contribution >= 0.6 is 0 Å². The highest BCUT2D eigenvalue weighted by Crippen LogP contribution is 2.24. The quantitative estimate of drug-likeness (QED) is 0.769. The highest BCUT2D eigenvalue weighted by atomic mass is 16.3. The highest BCUT2D eigenvalue weighted by molar-refractivity contribution is 5.47. The van der Waals surface area contributed by atoms with E-state index < -0.39 is 6.10 Å². The van der Waals surface area contributed by atoms with Gasteiger partial charge in [-0.3, -0.25) is 0 Å². The van der Waals surface area contributed by atoms with Crippen molar-refractivity contribution >= 4 is 5.69 Å². The Hall–Kier alpha value is -1.28. The van der Waals surface area contributed by atoms with E-state index in [0.29, 0.717) is 6.42 Å². The number of hydrogen-bond donors (Lipinski definition) is 1. The van der Waals surface area contributed by atoms with Crippen LogP contribution in [0.15, 0.2) is 36.4 Å². The van der Waals surface area contributed by atoms with Gasteiger partial charge in [-0.05, 0) is 30.5 Å². The van der Waals surface area contributed by atoms with Crippen molar-refractivity contribution < 1.29 is 5.11 Å². The molecule has 1 aromatic rings. The van der Waals surface area contributed by atoms with Gasteiger partial charge in [0.15, 0.2) is 0 Å². The first kappa shape index (κ1) is 12.8.